The van der Waals surface area contributed by atoms with Crippen LogP contribution in [0.4, 0.5) is 0 Å². The van der Waals surface area contributed by atoms with Gasteiger partial charge in [0.15, 0.2) is 0 Å². The number of rotatable bonds is 3. The van der Waals surface area contributed by atoms with Gasteiger partial charge in [0.1, 0.15) is 0 Å². The van der Waals surface area contributed by atoms with Gasteiger partial charge in [-0.25, -0.2) is 0 Å². The van der Waals surface area contributed by atoms with E-state index >= 15 is 0 Å². The summed E-state index contributed by atoms with van der Waals surface area (Å²) >= 11 is 5.99. The van der Waals surface area contributed by atoms with Crippen molar-refractivity contribution in [2.45, 2.75) is 51.4 Å². The van der Waals surface area contributed by atoms with E-state index in [1.54, 1.807) is 5.57 Å². The van der Waals surface area contributed by atoms with Crippen molar-refractivity contribution in [1.29, 1.82) is 0 Å². The first-order valence-electron chi connectivity index (χ1n) is 9.85. The van der Waals surface area contributed by atoms with Gasteiger partial charge in [-0.2, -0.15) is 0 Å². The van der Waals surface area contributed by atoms with E-state index in [9.17, 15) is 0 Å². The molecule has 0 nitrogen and oxygen atoms in total. The van der Waals surface area contributed by atoms with Crippen LogP contribution in [0, 0.1) is 11.8 Å². The highest BCUT2D eigenvalue weighted by atomic mass is 35.5. The number of halogens is 1. The van der Waals surface area contributed by atoms with Crippen LogP contribution < -0.4 is 0 Å². The second-order valence-electron chi connectivity index (χ2n) is 7.75. The standard InChI is InChI=1S/C24H27Cl/c25-24-16-14-23(15-17-24)22-12-10-21(11-13-22)20-8-6-19(7-9-20)18-4-2-1-3-5-18/h8,10-19H,1-7,9H2/t19-/m0/s1. The highest BCUT2D eigenvalue weighted by Gasteiger charge is 2.25. The van der Waals surface area contributed by atoms with Crippen molar-refractivity contribution in [3.63, 3.8) is 0 Å². The van der Waals surface area contributed by atoms with Crippen molar-refractivity contribution in [3.8, 4) is 11.1 Å². The maximum atomic E-state index is 5.99. The van der Waals surface area contributed by atoms with E-state index in [2.05, 4.69) is 42.5 Å². The Bertz CT molecular complexity index is 718. The normalized spacial score (nSPS) is 21.8. The van der Waals surface area contributed by atoms with Crippen molar-refractivity contribution in [2.24, 2.45) is 11.8 Å². The molecule has 0 amide bonds. The fourth-order valence-electron chi connectivity index (χ4n) is 4.67. The van der Waals surface area contributed by atoms with E-state index < -0.39 is 0 Å². The first-order valence-corrected chi connectivity index (χ1v) is 10.2. The Morgan fingerprint density at radius 3 is 1.84 bits per heavy atom. The summed E-state index contributed by atoms with van der Waals surface area (Å²) < 4.78 is 0. The molecule has 2 aromatic rings. The molecule has 25 heavy (non-hydrogen) atoms. The molecule has 0 aromatic heterocycles. The third kappa shape index (κ3) is 4.01. The van der Waals surface area contributed by atoms with Crippen LogP contribution in [0.3, 0.4) is 0 Å². The van der Waals surface area contributed by atoms with Crippen molar-refractivity contribution in [1.82, 2.24) is 0 Å². The van der Waals surface area contributed by atoms with Gasteiger partial charge in [-0.15, -0.1) is 0 Å². The summed E-state index contributed by atoms with van der Waals surface area (Å²) in [7, 11) is 0. The molecule has 0 aliphatic heterocycles. The Hall–Kier alpha value is -1.53. The van der Waals surface area contributed by atoms with Crippen molar-refractivity contribution < 1.29 is 0 Å². The number of benzene rings is 2. The lowest BCUT2D eigenvalue weighted by molar-refractivity contribution is 0.235. The Balaban J connectivity index is 1.43. The molecule has 0 bridgehead atoms. The van der Waals surface area contributed by atoms with E-state index in [0.29, 0.717) is 0 Å². The van der Waals surface area contributed by atoms with Gasteiger partial charge in [-0.3, -0.25) is 0 Å². The zero-order valence-corrected chi connectivity index (χ0v) is 15.6. The van der Waals surface area contributed by atoms with E-state index in [1.165, 1.54) is 68.1 Å². The van der Waals surface area contributed by atoms with E-state index in [0.717, 1.165) is 16.9 Å². The minimum absolute atomic E-state index is 0.792. The molecule has 0 saturated heterocycles. The number of hydrogen-bond donors (Lipinski definition) is 0. The molecule has 130 valence electrons. The Kier molecular flexibility index (Phi) is 5.27. The summed E-state index contributed by atoms with van der Waals surface area (Å²) in [5, 5.41) is 0.792. The second-order valence-corrected chi connectivity index (χ2v) is 8.18. The van der Waals surface area contributed by atoms with Gasteiger partial charge in [0.2, 0.25) is 0 Å². The summed E-state index contributed by atoms with van der Waals surface area (Å²) in [5.41, 5.74) is 5.44. The fourth-order valence-corrected chi connectivity index (χ4v) is 4.80. The van der Waals surface area contributed by atoms with Crippen LogP contribution >= 0.6 is 11.6 Å². The van der Waals surface area contributed by atoms with Gasteiger partial charge >= 0.3 is 0 Å². The van der Waals surface area contributed by atoms with Crippen LogP contribution in [0.1, 0.15) is 56.9 Å². The van der Waals surface area contributed by atoms with Gasteiger partial charge in [-0.05, 0) is 65.5 Å². The lowest BCUT2D eigenvalue weighted by atomic mass is 9.73. The maximum absolute atomic E-state index is 5.99. The first kappa shape index (κ1) is 16.9. The van der Waals surface area contributed by atoms with Gasteiger partial charge in [0.25, 0.3) is 0 Å². The number of allylic oxidation sites excluding steroid dienone is 2. The van der Waals surface area contributed by atoms with Crippen LogP contribution in [-0.2, 0) is 0 Å². The topological polar surface area (TPSA) is 0 Å². The summed E-state index contributed by atoms with van der Waals surface area (Å²) in [6, 6.07) is 17.2. The predicted molar refractivity (Wildman–Crippen MR) is 109 cm³/mol. The van der Waals surface area contributed by atoms with Crippen LogP contribution in [0.5, 0.6) is 0 Å². The van der Waals surface area contributed by atoms with Gasteiger partial charge < -0.3 is 0 Å². The molecule has 2 aliphatic carbocycles. The summed E-state index contributed by atoms with van der Waals surface area (Å²) in [4.78, 5) is 0. The number of hydrogen-bond acceptors (Lipinski definition) is 0. The maximum Gasteiger partial charge on any atom is 0.0406 e. The molecule has 1 atom stereocenters. The Morgan fingerprint density at radius 1 is 0.640 bits per heavy atom. The van der Waals surface area contributed by atoms with Gasteiger partial charge in [0, 0.05) is 5.02 Å². The lowest BCUT2D eigenvalue weighted by Gasteiger charge is -2.32. The molecule has 4 rings (SSSR count). The third-order valence-corrected chi connectivity index (χ3v) is 6.45. The smallest absolute Gasteiger partial charge is 0.0406 e. The molecule has 1 fully saturated rings. The zero-order valence-electron chi connectivity index (χ0n) is 14.9. The quantitative estimate of drug-likeness (QED) is 0.530. The van der Waals surface area contributed by atoms with Crippen molar-refractivity contribution >= 4 is 17.2 Å². The van der Waals surface area contributed by atoms with Crippen LogP contribution in [0.2, 0.25) is 5.02 Å². The van der Waals surface area contributed by atoms with Crippen LogP contribution in [0.25, 0.3) is 16.7 Å². The second kappa shape index (κ2) is 7.79. The van der Waals surface area contributed by atoms with Gasteiger partial charge in [0.05, 0.1) is 0 Å². The molecule has 0 N–H and O–H groups in total. The third-order valence-electron chi connectivity index (χ3n) is 6.20. The lowest BCUT2D eigenvalue weighted by Crippen LogP contribution is -2.19. The average molecular weight is 351 g/mol. The molecule has 0 radical (unpaired) electrons. The summed E-state index contributed by atoms with van der Waals surface area (Å²) in [6.07, 6.45) is 13.8. The molecule has 2 aliphatic rings. The molecule has 2 aromatic carbocycles. The van der Waals surface area contributed by atoms with Crippen LogP contribution in [0.15, 0.2) is 54.6 Å². The molecule has 1 heteroatoms. The first-order chi connectivity index (χ1) is 12.3. The molecular formula is C24H27Cl. The predicted octanol–water partition coefficient (Wildman–Crippen LogP) is 7.77. The molecule has 0 spiro atoms. The van der Waals surface area contributed by atoms with Crippen molar-refractivity contribution in [3.05, 3.63) is 65.2 Å². The fraction of sp³-hybridized carbons (Fsp3) is 0.417. The molecular weight excluding hydrogens is 324 g/mol. The molecule has 0 unspecified atom stereocenters. The monoisotopic (exact) mass is 350 g/mol. The summed E-state index contributed by atoms with van der Waals surface area (Å²) in [5.74, 6) is 1.94. The molecule has 0 heterocycles. The average Bonchev–Trinajstić information content (AvgIpc) is 2.70. The van der Waals surface area contributed by atoms with E-state index in [-0.39, 0.29) is 0 Å². The van der Waals surface area contributed by atoms with Crippen molar-refractivity contribution in [2.75, 3.05) is 0 Å². The van der Waals surface area contributed by atoms with E-state index in [1.807, 2.05) is 12.1 Å². The largest absolute Gasteiger partial charge is 0.0843 e. The SMILES string of the molecule is Clc1ccc(-c2ccc(C3=CC[C@H](C4CCCCC4)CC3)cc2)cc1. The minimum atomic E-state index is 0.792. The van der Waals surface area contributed by atoms with Crippen LogP contribution in [-0.4, -0.2) is 0 Å². The minimum Gasteiger partial charge on any atom is -0.0843 e. The van der Waals surface area contributed by atoms with Gasteiger partial charge in [-0.1, -0.05) is 86.2 Å². The summed E-state index contributed by atoms with van der Waals surface area (Å²) in [6.45, 7) is 0. The van der Waals surface area contributed by atoms with E-state index in [4.69, 9.17) is 11.6 Å². The zero-order chi connectivity index (χ0) is 17.1. The Labute approximate surface area is 156 Å². The molecule has 1 saturated carbocycles. The Morgan fingerprint density at radius 2 is 1.24 bits per heavy atom. The highest BCUT2D eigenvalue weighted by molar-refractivity contribution is 6.30. The highest BCUT2D eigenvalue weighted by Crippen LogP contribution is 2.40.